The molecule has 1 fully saturated rings. The van der Waals surface area contributed by atoms with Crippen LogP contribution in [0.3, 0.4) is 0 Å². The Labute approximate surface area is 470 Å². The minimum Gasteiger partial charge on any atom is -0.423 e. The van der Waals surface area contributed by atoms with E-state index in [0.717, 1.165) is 48.1 Å². The Kier molecular flexibility index (Phi) is 31.2. The van der Waals surface area contributed by atoms with Crippen LogP contribution in [0.2, 0.25) is 0 Å². The van der Waals surface area contributed by atoms with Crippen LogP contribution in [0.5, 0.6) is 0 Å². The molecule has 8 aromatic rings. The van der Waals surface area contributed by atoms with Crippen molar-refractivity contribution >= 4 is 102 Å². The SMILES string of the molecule is Brc1nccs1.C.C.C.C.C.Fc1ccc(Br)cc1.O=C(Nc1ccc2[nH]nc(-c3cncnc3)c2c1)[C@@H]1CCN(CC(=O)N2CC=C(c3ccc(F)cc3)CC2)C1.OB(O)c1ccc(F)cc1.OB(O)c1cncnc1. The van der Waals surface area contributed by atoms with Crippen LogP contribution >= 0.6 is 43.2 Å². The van der Waals surface area contributed by atoms with E-state index in [4.69, 9.17) is 20.1 Å². The predicted octanol–water partition coefficient (Wildman–Crippen LogP) is 9.07. The molecule has 4 aromatic carbocycles. The average Bonchev–Trinajstić information content (AvgIpc) is 4.19. The van der Waals surface area contributed by atoms with E-state index in [1.165, 1.54) is 73.6 Å². The van der Waals surface area contributed by atoms with Crippen molar-refractivity contribution in [1.82, 2.24) is 44.9 Å². The summed E-state index contributed by atoms with van der Waals surface area (Å²) >= 11 is 7.95. The normalized spacial score (nSPS) is 13.0. The lowest BCUT2D eigenvalue weighted by Gasteiger charge is -2.28. The first kappa shape index (κ1) is 68.5. The zero-order chi connectivity index (χ0) is 51.4. The quantitative estimate of drug-likeness (QED) is 0.0782. The molecular weight excluding hydrogens is 1140 g/mol. The topological polar surface area (TPSA) is 227 Å². The first-order valence-electron chi connectivity index (χ1n) is 21.9. The van der Waals surface area contributed by atoms with Gasteiger partial charge < -0.3 is 30.3 Å². The zero-order valence-electron chi connectivity index (χ0n) is 38.0. The highest BCUT2D eigenvalue weighted by Gasteiger charge is 2.31. The number of nitrogens with one attached hydrogen (secondary N) is 2. The Bertz CT molecular complexity index is 2940. The minimum absolute atomic E-state index is 0. The first-order chi connectivity index (χ1) is 34.7. The van der Waals surface area contributed by atoms with Gasteiger partial charge in [0, 0.05) is 82.6 Å². The molecule has 77 heavy (non-hydrogen) atoms. The van der Waals surface area contributed by atoms with Gasteiger partial charge in [0.15, 0.2) is 3.92 Å². The van der Waals surface area contributed by atoms with Gasteiger partial charge in [-0.05, 0) is 119 Å². The number of anilines is 1. The van der Waals surface area contributed by atoms with Crippen LogP contribution in [-0.4, -0.2) is 124 Å². The molecule has 10 rings (SSSR count). The largest absolute Gasteiger partial charge is 0.491 e. The van der Waals surface area contributed by atoms with Crippen LogP contribution in [0.15, 0.2) is 154 Å². The molecule has 1 atom stereocenters. The summed E-state index contributed by atoms with van der Waals surface area (Å²) in [6, 6.07) is 23.2. The van der Waals surface area contributed by atoms with E-state index in [-0.39, 0.29) is 72.3 Å². The maximum atomic E-state index is 13.2. The van der Waals surface area contributed by atoms with Crippen molar-refractivity contribution in [3.63, 3.8) is 0 Å². The number of thiazole rings is 1. The van der Waals surface area contributed by atoms with Gasteiger partial charge in [-0.1, -0.05) is 83.4 Å². The summed E-state index contributed by atoms with van der Waals surface area (Å²) in [5, 5.41) is 47.3. The highest BCUT2D eigenvalue weighted by Crippen LogP contribution is 2.29. The molecule has 0 bridgehead atoms. The zero-order valence-corrected chi connectivity index (χ0v) is 42.0. The van der Waals surface area contributed by atoms with E-state index < -0.39 is 14.2 Å². The molecule has 0 unspecified atom stereocenters. The number of hydrogen-bond acceptors (Lipinski definition) is 14. The summed E-state index contributed by atoms with van der Waals surface area (Å²) in [6.45, 7) is 2.72. The Balaban J connectivity index is 0.000000631. The van der Waals surface area contributed by atoms with Gasteiger partial charge in [-0.25, -0.2) is 38.1 Å². The molecule has 0 spiro atoms. The highest BCUT2D eigenvalue weighted by molar-refractivity contribution is 9.11. The van der Waals surface area contributed by atoms with Crippen molar-refractivity contribution in [1.29, 1.82) is 0 Å². The molecular formula is C53H65B2Br2F3N10O6S. The van der Waals surface area contributed by atoms with Gasteiger partial charge in [-0.15, -0.1) is 11.3 Å². The van der Waals surface area contributed by atoms with Crippen molar-refractivity contribution < 1.29 is 42.9 Å². The molecule has 16 nitrogen and oxygen atoms in total. The maximum absolute atomic E-state index is 13.2. The van der Waals surface area contributed by atoms with Crippen LogP contribution in [-0.2, 0) is 9.59 Å². The van der Waals surface area contributed by atoms with Crippen molar-refractivity contribution in [3.05, 3.63) is 177 Å². The minimum atomic E-state index is -1.51. The molecule has 0 radical (unpaired) electrons. The molecule has 6 N–H and O–H groups in total. The summed E-state index contributed by atoms with van der Waals surface area (Å²) in [5.41, 5.74) is 5.79. The molecule has 2 aliphatic rings. The fourth-order valence-electron chi connectivity index (χ4n) is 7.00. The number of aromatic amines is 1. The van der Waals surface area contributed by atoms with E-state index in [0.29, 0.717) is 55.8 Å². The number of aromatic nitrogens is 7. The maximum Gasteiger partial charge on any atom is 0.491 e. The molecule has 410 valence electrons. The number of hydrogen-bond donors (Lipinski definition) is 6. The van der Waals surface area contributed by atoms with Crippen LogP contribution in [0, 0.1) is 23.4 Å². The van der Waals surface area contributed by atoms with E-state index in [1.54, 1.807) is 54.2 Å². The third-order valence-corrected chi connectivity index (χ3v) is 12.5. The van der Waals surface area contributed by atoms with E-state index in [9.17, 15) is 22.8 Å². The fourth-order valence-corrected chi connectivity index (χ4v) is 8.06. The highest BCUT2D eigenvalue weighted by atomic mass is 79.9. The van der Waals surface area contributed by atoms with E-state index >= 15 is 0 Å². The summed E-state index contributed by atoms with van der Waals surface area (Å²) in [6.07, 6.45) is 14.1. The number of amides is 2. The van der Waals surface area contributed by atoms with Gasteiger partial charge in [0.2, 0.25) is 11.8 Å². The second-order valence-corrected chi connectivity index (χ2v) is 18.8. The third-order valence-electron chi connectivity index (χ3n) is 10.7. The standard InChI is InChI=1S/C29H28FN7O2.C6H6BFO2.C6H4BrF.C4H5BN2O2.C3H2BrNS.5CH4/c30-23-3-1-19(2-4-23)20-8-11-37(12-9-20)27(38)17-36-10-7-21(16-36)29(39)33-24-5-6-26-25(13-24)28(35-34-26)22-14-31-18-32-15-22;8-6-3-1-5(2-4-6)7(9)10;7-5-1-3-6(8)4-2-5;8-5(9)4-1-6-3-7-2-4;4-3-5-1-2-6-3;;;;;/h1-6,8,13-15,18,21H,7,9-12,16-17H2,(H,33,39)(H,34,35);1-4,9-10H;1-4H;1-3,8-9H;1-2H;5*1H4/t21-;;;;;;;;;/m1........./s1. The fraction of sp³-hybridized carbons (Fsp3) is 0.245. The van der Waals surface area contributed by atoms with Gasteiger partial charge >= 0.3 is 14.2 Å². The number of carbonyl (C=O) groups is 2. The third kappa shape index (κ3) is 22.2. The van der Waals surface area contributed by atoms with Crippen molar-refractivity contribution in [3.8, 4) is 11.3 Å². The number of rotatable bonds is 8. The lowest BCUT2D eigenvalue weighted by molar-refractivity contribution is -0.132. The lowest BCUT2D eigenvalue weighted by Crippen LogP contribution is -2.41. The Morgan fingerprint density at radius 1 is 0.727 bits per heavy atom. The molecule has 6 heterocycles. The smallest absolute Gasteiger partial charge is 0.423 e. The molecule has 4 aromatic heterocycles. The number of nitrogens with zero attached hydrogens (tertiary/aromatic N) is 8. The number of likely N-dealkylation sites (tertiary alicyclic amines) is 1. The van der Waals surface area contributed by atoms with Crippen LogP contribution in [0.1, 0.15) is 55.5 Å². The van der Waals surface area contributed by atoms with E-state index in [1.807, 2.05) is 34.6 Å². The molecule has 2 aliphatic heterocycles. The number of H-pyrrole nitrogens is 1. The number of halogens is 5. The Hall–Kier alpha value is -6.50. The van der Waals surface area contributed by atoms with Crippen molar-refractivity contribution in [2.45, 2.75) is 50.0 Å². The van der Waals surface area contributed by atoms with Gasteiger partial charge in [0.1, 0.15) is 35.8 Å². The first-order valence-corrected chi connectivity index (χ1v) is 24.4. The number of fused-ring (bicyclic) bond motifs is 1. The average molecular weight is 1210 g/mol. The van der Waals surface area contributed by atoms with Crippen molar-refractivity contribution in [2.24, 2.45) is 5.92 Å². The van der Waals surface area contributed by atoms with Gasteiger partial charge in [-0.2, -0.15) is 5.10 Å². The summed E-state index contributed by atoms with van der Waals surface area (Å²) < 4.78 is 39.3. The molecule has 0 aliphatic carbocycles. The van der Waals surface area contributed by atoms with Gasteiger partial charge in [0.25, 0.3) is 0 Å². The second kappa shape index (κ2) is 35.0. The predicted molar refractivity (Wildman–Crippen MR) is 312 cm³/mol. The van der Waals surface area contributed by atoms with Crippen LogP contribution in [0.25, 0.3) is 27.7 Å². The lowest BCUT2D eigenvalue weighted by atomic mass is 9.80. The Morgan fingerprint density at radius 3 is 1.79 bits per heavy atom. The van der Waals surface area contributed by atoms with E-state index in [2.05, 4.69) is 77.2 Å². The number of benzene rings is 4. The van der Waals surface area contributed by atoms with Crippen LogP contribution < -0.4 is 16.2 Å². The summed E-state index contributed by atoms with van der Waals surface area (Å²) in [7, 11) is -2.98. The van der Waals surface area contributed by atoms with Crippen LogP contribution in [0.4, 0.5) is 18.9 Å². The molecule has 1 saturated heterocycles. The summed E-state index contributed by atoms with van der Waals surface area (Å²) in [4.78, 5) is 49.0. The second-order valence-electron chi connectivity index (χ2n) is 15.7. The van der Waals surface area contributed by atoms with Gasteiger partial charge in [-0.3, -0.25) is 19.6 Å². The van der Waals surface area contributed by atoms with Crippen molar-refractivity contribution in [2.75, 3.05) is 38.0 Å². The molecule has 0 saturated carbocycles. The Morgan fingerprint density at radius 2 is 1.30 bits per heavy atom. The molecule has 2 amide bonds. The summed E-state index contributed by atoms with van der Waals surface area (Å²) in [5.74, 6) is -1.02. The molecule has 24 heteroatoms. The van der Waals surface area contributed by atoms with Gasteiger partial charge in [0.05, 0.1) is 18.0 Å². The number of carbonyl (C=O) groups excluding carboxylic acids is 2. The monoisotopic (exact) mass is 1210 g/mol.